The van der Waals surface area contributed by atoms with Gasteiger partial charge in [-0.1, -0.05) is 30.0 Å². The van der Waals surface area contributed by atoms with Crippen LogP contribution in [0.5, 0.6) is 0 Å². The van der Waals surface area contributed by atoms with Crippen molar-refractivity contribution in [2.24, 2.45) is 5.73 Å². The smallest absolute Gasteiger partial charge is 0.0694 e. The van der Waals surface area contributed by atoms with Crippen LogP contribution in [-0.2, 0) is 6.61 Å². The van der Waals surface area contributed by atoms with E-state index < -0.39 is 0 Å². The van der Waals surface area contributed by atoms with Crippen LogP contribution in [0.25, 0.3) is 0 Å². The van der Waals surface area contributed by atoms with Crippen LogP contribution in [0.1, 0.15) is 11.1 Å². The number of nitrogens with two attached hydrogens (primary N) is 1. The van der Waals surface area contributed by atoms with Crippen molar-refractivity contribution >= 4 is 0 Å². The molecule has 1 rings (SSSR count). The van der Waals surface area contributed by atoms with Crippen molar-refractivity contribution in [3.05, 3.63) is 35.4 Å². The third kappa shape index (κ3) is 2.09. The Hall–Kier alpha value is -1.30. The second-order valence-corrected chi connectivity index (χ2v) is 2.32. The second-order valence-electron chi connectivity index (χ2n) is 2.32. The van der Waals surface area contributed by atoms with Crippen LogP contribution in [-0.4, -0.2) is 11.7 Å². The Bertz CT molecular complexity index is 309. The predicted molar refractivity (Wildman–Crippen MR) is 48.3 cm³/mol. The maximum atomic E-state index is 8.92. The van der Waals surface area contributed by atoms with Gasteiger partial charge in [0.2, 0.25) is 0 Å². The molecule has 0 atom stereocenters. The Labute approximate surface area is 72.0 Å². The molecule has 62 valence electrons. The van der Waals surface area contributed by atoms with E-state index in [9.17, 15) is 0 Å². The van der Waals surface area contributed by atoms with Crippen molar-refractivity contribution in [3.63, 3.8) is 0 Å². The lowest BCUT2D eigenvalue weighted by molar-refractivity contribution is 0.281. The molecule has 12 heavy (non-hydrogen) atoms. The fraction of sp³-hybridized carbons (Fsp3) is 0.200. The summed E-state index contributed by atoms with van der Waals surface area (Å²) in [5.41, 5.74) is 6.93. The van der Waals surface area contributed by atoms with Gasteiger partial charge in [0.25, 0.3) is 0 Å². The Morgan fingerprint density at radius 2 is 2.08 bits per heavy atom. The minimum atomic E-state index is 0.0232. The third-order valence-corrected chi connectivity index (χ3v) is 1.51. The number of benzene rings is 1. The summed E-state index contributed by atoms with van der Waals surface area (Å²) < 4.78 is 0. The Balaban J connectivity index is 2.97. The Morgan fingerprint density at radius 1 is 1.33 bits per heavy atom. The summed E-state index contributed by atoms with van der Waals surface area (Å²) in [4.78, 5) is 0. The lowest BCUT2D eigenvalue weighted by Crippen LogP contribution is -1.94. The van der Waals surface area contributed by atoms with E-state index in [0.29, 0.717) is 6.54 Å². The van der Waals surface area contributed by atoms with Crippen LogP contribution in [0.2, 0.25) is 0 Å². The van der Waals surface area contributed by atoms with E-state index in [1.165, 1.54) is 0 Å². The van der Waals surface area contributed by atoms with E-state index in [4.69, 9.17) is 10.8 Å². The van der Waals surface area contributed by atoms with Gasteiger partial charge in [-0.2, -0.15) is 0 Å². The number of hydrogen-bond donors (Lipinski definition) is 2. The molecule has 0 heterocycles. The molecule has 0 saturated carbocycles. The van der Waals surface area contributed by atoms with Crippen LogP contribution >= 0.6 is 0 Å². The van der Waals surface area contributed by atoms with Gasteiger partial charge in [0.05, 0.1) is 13.2 Å². The highest BCUT2D eigenvalue weighted by Gasteiger charge is 1.94. The molecule has 1 aromatic rings. The van der Waals surface area contributed by atoms with Crippen molar-refractivity contribution in [2.75, 3.05) is 6.54 Å². The first-order valence-electron chi connectivity index (χ1n) is 3.76. The molecule has 3 N–H and O–H groups in total. The van der Waals surface area contributed by atoms with Gasteiger partial charge in [-0.25, -0.2) is 0 Å². The van der Waals surface area contributed by atoms with Gasteiger partial charge in [0, 0.05) is 5.56 Å². The monoisotopic (exact) mass is 161 g/mol. The molecule has 0 radical (unpaired) electrons. The standard InChI is InChI=1S/C10H11NO/c11-7-3-6-9-4-1-2-5-10(9)8-12/h1-2,4-5,12H,7-8,11H2. The first-order valence-corrected chi connectivity index (χ1v) is 3.76. The molecule has 0 aromatic heterocycles. The number of aliphatic hydroxyl groups excluding tert-OH is 1. The van der Waals surface area contributed by atoms with Crippen LogP contribution in [0.4, 0.5) is 0 Å². The van der Waals surface area contributed by atoms with Gasteiger partial charge in [-0.15, -0.1) is 0 Å². The molecule has 0 amide bonds. The average molecular weight is 161 g/mol. The van der Waals surface area contributed by atoms with Gasteiger partial charge in [-0.05, 0) is 11.6 Å². The Kier molecular flexibility index (Phi) is 3.34. The molecule has 0 unspecified atom stereocenters. The number of aliphatic hydroxyl groups is 1. The largest absolute Gasteiger partial charge is 0.392 e. The fourth-order valence-electron chi connectivity index (χ4n) is 0.926. The molecule has 0 aliphatic rings. The summed E-state index contributed by atoms with van der Waals surface area (Å²) in [7, 11) is 0. The summed E-state index contributed by atoms with van der Waals surface area (Å²) in [5.74, 6) is 5.63. The Morgan fingerprint density at radius 3 is 2.75 bits per heavy atom. The van der Waals surface area contributed by atoms with Gasteiger partial charge in [-0.3, -0.25) is 0 Å². The second kappa shape index (κ2) is 4.55. The number of rotatable bonds is 1. The molecule has 0 aliphatic heterocycles. The maximum Gasteiger partial charge on any atom is 0.0694 e. The lowest BCUT2D eigenvalue weighted by Gasteiger charge is -1.97. The van der Waals surface area contributed by atoms with Crippen molar-refractivity contribution in [3.8, 4) is 11.8 Å². The van der Waals surface area contributed by atoms with Gasteiger partial charge in [0.15, 0.2) is 0 Å². The van der Waals surface area contributed by atoms with E-state index in [1.807, 2.05) is 24.3 Å². The molecule has 0 saturated heterocycles. The van der Waals surface area contributed by atoms with Crippen LogP contribution in [0.15, 0.2) is 24.3 Å². The van der Waals surface area contributed by atoms with Crippen LogP contribution in [0, 0.1) is 11.8 Å². The van der Waals surface area contributed by atoms with Gasteiger partial charge in [0.1, 0.15) is 0 Å². The predicted octanol–water partition coefficient (Wildman–Crippen LogP) is 0.489. The van der Waals surface area contributed by atoms with Crippen molar-refractivity contribution in [1.82, 2.24) is 0 Å². The summed E-state index contributed by atoms with van der Waals surface area (Å²) in [6.07, 6.45) is 0. The van der Waals surface area contributed by atoms with Crippen molar-refractivity contribution < 1.29 is 5.11 Å². The summed E-state index contributed by atoms with van der Waals surface area (Å²) in [6, 6.07) is 7.48. The molecule has 0 aliphatic carbocycles. The molecular formula is C10H11NO. The van der Waals surface area contributed by atoms with Crippen molar-refractivity contribution in [2.45, 2.75) is 6.61 Å². The zero-order valence-corrected chi connectivity index (χ0v) is 6.75. The summed E-state index contributed by atoms with van der Waals surface area (Å²) >= 11 is 0. The highest BCUT2D eigenvalue weighted by atomic mass is 16.3. The first-order chi connectivity index (χ1) is 5.88. The quantitative estimate of drug-likeness (QED) is 0.589. The molecule has 0 fully saturated rings. The summed E-state index contributed by atoms with van der Waals surface area (Å²) in [6.45, 7) is 0.370. The van der Waals surface area contributed by atoms with Gasteiger partial charge < -0.3 is 10.8 Å². The minimum absolute atomic E-state index is 0.0232. The zero-order valence-electron chi connectivity index (χ0n) is 6.75. The van der Waals surface area contributed by atoms with Crippen LogP contribution in [0.3, 0.4) is 0 Å². The zero-order chi connectivity index (χ0) is 8.81. The van der Waals surface area contributed by atoms with E-state index in [2.05, 4.69) is 11.8 Å². The minimum Gasteiger partial charge on any atom is -0.392 e. The maximum absolute atomic E-state index is 8.92. The lowest BCUT2D eigenvalue weighted by atomic mass is 10.1. The highest BCUT2D eigenvalue weighted by Crippen LogP contribution is 2.06. The van der Waals surface area contributed by atoms with E-state index in [-0.39, 0.29) is 6.61 Å². The van der Waals surface area contributed by atoms with E-state index in [0.717, 1.165) is 11.1 Å². The normalized spacial score (nSPS) is 8.83. The van der Waals surface area contributed by atoms with Crippen LogP contribution < -0.4 is 5.73 Å². The topological polar surface area (TPSA) is 46.2 Å². The molecule has 0 spiro atoms. The SMILES string of the molecule is NCC#Cc1ccccc1CO. The first kappa shape index (κ1) is 8.79. The van der Waals surface area contributed by atoms with Crippen molar-refractivity contribution in [1.29, 1.82) is 0 Å². The molecule has 0 bridgehead atoms. The fourth-order valence-corrected chi connectivity index (χ4v) is 0.926. The molecule has 2 heteroatoms. The summed E-state index contributed by atoms with van der Waals surface area (Å²) in [5, 5.41) is 8.92. The average Bonchev–Trinajstić information content (AvgIpc) is 2.15. The van der Waals surface area contributed by atoms with E-state index >= 15 is 0 Å². The number of hydrogen-bond acceptors (Lipinski definition) is 2. The van der Waals surface area contributed by atoms with Gasteiger partial charge >= 0.3 is 0 Å². The highest BCUT2D eigenvalue weighted by molar-refractivity contribution is 5.40. The van der Waals surface area contributed by atoms with E-state index in [1.54, 1.807) is 0 Å². The third-order valence-electron chi connectivity index (χ3n) is 1.51. The molecule has 2 nitrogen and oxygen atoms in total. The molecule has 1 aromatic carbocycles. The molecular weight excluding hydrogens is 150 g/mol.